The minimum Gasteiger partial charge on any atom is -0.324 e. The number of carbonyl (C=O) groups excluding carboxylic acids is 3. The van der Waals surface area contributed by atoms with Crippen LogP contribution >= 0.6 is 0 Å². The number of nitrogens with zero attached hydrogens (tertiary/aromatic N) is 2. The van der Waals surface area contributed by atoms with E-state index in [0.717, 1.165) is 9.21 Å². The van der Waals surface area contributed by atoms with E-state index in [9.17, 15) is 22.8 Å². The zero-order valence-corrected chi connectivity index (χ0v) is 15.4. The van der Waals surface area contributed by atoms with Gasteiger partial charge >= 0.3 is 0 Å². The third-order valence-corrected chi connectivity index (χ3v) is 5.91. The molecule has 0 spiro atoms. The number of hydrogen-bond acceptors (Lipinski definition) is 5. The van der Waals surface area contributed by atoms with E-state index in [-0.39, 0.29) is 29.6 Å². The number of benzene rings is 1. The molecule has 1 fully saturated rings. The molecule has 0 bridgehead atoms. The molecule has 1 aromatic rings. The third kappa shape index (κ3) is 3.72. The first-order valence-electron chi connectivity index (χ1n) is 7.74. The fourth-order valence-electron chi connectivity index (χ4n) is 2.49. The Hall–Kier alpha value is -2.26. The van der Waals surface area contributed by atoms with Crippen molar-refractivity contribution in [2.24, 2.45) is 0 Å². The number of sulfonamides is 1. The number of rotatable bonds is 5. The third-order valence-electron chi connectivity index (χ3n) is 4.10. The van der Waals surface area contributed by atoms with Gasteiger partial charge in [-0.05, 0) is 31.5 Å². The minimum atomic E-state index is -3.64. The van der Waals surface area contributed by atoms with Gasteiger partial charge < -0.3 is 5.32 Å². The highest BCUT2D eigenvalue weighted by molar-refractivity contribution is 7.89. The van der Waals surface area contributed by atoms with Crippen molar-refractivity contribution in [3.8, 4) is 0 Å². The smallest absolute Gasteiger partial charge is 0.247 e. The molecule has 3 amide bonds. The molecule has 1 aromatic carbocycles. The molecule has 9 heteroatoms. The highest BCUT2D eigenvalue weighted by Crippen LogP contribution is 2.23. The zero-order valence-electron chi connectivity index (χ0n) is 14.6. The highest BCUT2D eigenvalue weighted by Gasteiger charge is 2.36. The van der Waals surface area contributed by atoms with Crippen LogP contribution in [-0.2, 0) is 24.4 Å². The van der Waals surface area contributed by atoms with Gasteiger partial charge in [-0.25, -0.2) is 12.7 Å². The van der Waals surface area contributed by atoms with Gasteiger partial charge in [-0.1, -0.05) is 6.07 Å². The van der Waals surface area contributed by atoms with E-state index in [1.54, 1.807) is 13.0 Å². The first-order valence-corrected chi connectivity index (χ1v) is 9.18. The predicted molar refractivity (Wildman–Crippen MR) is 91.2 cm³/mol. The van der Waals surface area contributed by atoms with E-state index in [2.05, 4.69) is 5.32 Å². The number of imide groups is 1. The minimum absolute atomic E-state index is 0.0411. The van der Waals surface area contributed by atoms with Gasteiger partial charge in [0.15, 0.2) is 0 Å². The number of hydrogen-bond donors (Lipinski definition) is 1. The molecule has 1 atom stereocenters. The Bertz CT molecular complexity index is 816. The Morgan fingerprint density at radius 1 is 1.20 bits per heavy atom. The quantitative estimate of drug-likeness (QED) is 0.773. The number of anilines is 1. The lowest BCUT2D eigenvalue weighted by Gasteiger charge is -2.22. The van der Waals surface area contributed by atoms with Crippen LogP contribution in [0.1, 0.15) is 25.3 Å². The molecule has 1 heterocycles. The number of likely N-dealkylation sites (tertiary alicyclic amines) is 1. The van der Waals surface area contributed by atoms with Gasteiger partial charge in [-0.15, -0.1) is 0 Å². The molecule has 0 unspecified atom stereocenters. The molecule has 0 radical (unpaired) electrons. The van der Waals surface area contributed by atoms with Crippen LogP contribution in [0.4, 0.5) is 5.69 Å². The van der Waals surface area contributed by atoms with Crippen molar-refractivity contribution in [1.29, 1.82) is 0 Å². The Labute approximate surface area is 146 Å². The molecule has 0 aliphatic carbocycles. The Balaban J connectivity index is 2.26. The van der Waals surface area contributed by atoms with E-state index in [0.29, 0.717) is 11.3 Å². The maximum Gasteiger partial charge on any atom is 0.247 e. The topological polar surface area (TPSA) is 104 Å². The average Bonchev–Trinajstić information content (AvgIpc) is 2.87. The maximum atomic E-state index is 12.4. The number of aryl methyl sites for hydroxylation is 1. The van der Waals surface area contributed by atoms with E-state index in [4.69, 9.17) is 0 Å². The Morgan fingerprint density at radius 3 is 2.28 bits per heavy atom. The maximum absolute atomic E-state index is 12.4. The van der Waals surface area contributed by atoms with Crippen molar-refractivity contribution < 1.29 is 22.8 Å². The van der Waals surface area contributed by atoms with Crippen LogP contribution in [-0.4, -0.2) is 55.5 Å². The van der Waals surface area contributed by atoms with Crippen LogP contribution in [0.3, 0.4) is 0 Å². The molecular weight excluding hydrogens is 346 g/mol. The van der Waals surface area contributed by atoms with Crippen LogP contribution in [0, 0.1) is 6.92 Å². The number of carbonyl (C=O) groups is 3. The fourth-order valence-corrected chi connectivity index (χ4v) is 3.42. The number of amides is 3. The van der Waals surface area contributed by atoms with Crippen molar-refractivity contribution in [1.82, 2.24) is 9.21 Å². The van der Waals surface area contributed by atoms with E-state index in [1.807, 2.05) is 0 Å². The summed E-state index contributed by atoms with van der Waals surface area (Å²) in [6.45, 7) is 3.19. The summed E-state index contributed by atoms with van der Waals surface area (Å²) < 4.78 is 25.5. The molecule has 0 aromatic heterocycles. The molecule has 8 nitrogen and oxygen atoms in total. The van der Waals surface area contributed by atoms with Crippen LogP contribution in [0.5, 0.6) is 0 Å². The van der Waals surface area contributed by atoms with E-state index in [1.165, 1.54) is 33.2 Å². The second-order valence-corrected chi connectivity index (χ2v) is 8.24. The zero-order chi connectivity index (χ0) is 18.9. The summed E-state index contributed by atoms with van der Waals surface area (Å²) >= 11 is 0. The van der Waals surface area contributed by atoms with Crippen LogP contribution < -0.4 is 5.32 Å². The van der Waals surface area contributed by atoms with Crippen LogP contribution in [0.15, 0.2) is 23.1 Å². The molecule has 136 valence electrons. The van der Waals surface area contributed by atoms with Gasteiger partial charge in [-0.3, -0.25) is 19.3 Å². The fraction of sp³-hybridized carbons (Fsp3) is 0.438. The molecule has 1 aliphatic heterocycles. The summed E-state index contributed by atoms with van der Waals surface area (Å²) in [5.74, 6) is -1.31. The van der Waals surface area contributed by atoms with Crippen molar-refractivity contribution in [2.45, 2.75) is 37.6 Å². The Morgan fingerprint density at radius 2 is 1.76 bits per heavy atom. The lowest BCUT2D eigenvalue weighted by molar-refractivity contribution is -0.144. The monoisotopic (exact) mass is 367 g/mol. The van der Waals surface area contributed by atoms with Gasteiger partial charge in [0.05, 0.1) is 4.90 Å². The largest absolute Gasteiger partial charge is 0.324 e. The van der Waals surface area contributed by atoms with Crippen molar-refractivity contribution >= 4 is 33.4 Å². The molecule has 2 rings (SSSR count). The molecule has 25 heavy (non-hydrogen) atoms. The normalized spacial score (nSPS) is 16.4. The second-order valence-electron chi connectivity index (χ2n) is 6.09. The summed E-state index contributed by atoms with van der Waals surface area (Å²) in [4.78, 5) is 36.9. The summed E-state index contributed by atoms with van der Waals surface area (Å²) in [5, 5.41) is 2.61. The van der Waals surface area contributed by atoms with Gasteiger partial charge in [0, 0.05) is 32.6 Å². The standard InChI is InChI=1S/C16H21N3O5S/c1-10-5-6-12(25(23,24)18(3)4)9-13(10)17-16(22)11(2)19-14(20)7-8-15(19)21/h5-6,9,11H,7-8H2,1-4H3,(H,17,22)/t11-/m0/s1. The lowest BCUT2D eigenvalue weighted by atomic mass is 10.2. The Kier molecular flexibility index (Phi) is 5.28. The van der Waals surface area contributed by atoms with Crippen molar-refractivity contribution in [2.75, 3.05) is 19.4 Å². The molecule has 1 aliphatic rings. The molecule has 1 N–H and O–H groups in total. The SMILES string of the molecule is Cc1ccc(S(=O)(=O)N(C)C)cc1NC(=O)[C@H](C)N1C(=O)CCC1=O. The second kappa shape index (κ2) is 6.93. The van der Waals surface area contributed by atoms with Gasteiger partial charge in [0.25, 0.3) is 0 Å². The van der Waals surface area contributed by atoms with Gasteiger partial charge in [-0.2, -0.15) is 0 Å². The van der Waals surface area contributed by atoms with E-state index >= 15 is 0 Å². The molecule has 0 saturated carbocycles. The highest BCUT2D eigenvalue weighted by atomic mass is 32.2. The predicted octanol–water partition coefficient (Wildman–Crippen LogP) is 0.721. The average molecular weight is 367 g/mol. The summed E-state index contributed by atoms with van der Waals surface area (Å²) in [7, 11) is -0.808. The first kappa shape index (κ1) is 19.1. The molecule has 1 saturated heterocycles. The van der Waals surface area contributed by atoms with E-state index < -0.39 is 22.0 Å². The van der Waals surface area contributed by atoms with Crippen molar-refractivity contribution in [3.05, 3.63) is 23.8 Å². The van der Waals surface area contributed by atoms with Gasteiger partial charge in [0.1, 0.15) is 6.04 Å². The van der Waals surface area contributed by atoms with Gasteiger partial charge in [0.2, 0.25) is 27.7 Å². The lowest BCUT2D eigenvalue weighted by Crippen LogP contribution is -2.45. The van der Waals surface area contributed by atoms with Crippen LogP contribution in [0.2, 0.25) is 0 Å². The first-order chi connectivity index (χ1) is 11.6. The number of nitrogens with one attached hydrogen (secondary N) is 1. The molecular formula is C16H21N3O5S. The van der Waals surface area contributed by atoms with Crippen molar-refractivity contribution in [3.63, 3.8) is 0 Å². The summed E-state index contributed by atoms with van der Waals surface area (Å²) in [6, 6.07) is 3.44. The summed E-state index contributed by atoms with van der Waals surface area (Å²) in [6.07, 6.45) is 0.206. The summed E-state index contributed by atoms with van der Waals surface area (Å²) in [5.41, 5.74) is 0.983. The van der Waals surface area contributed by atoms with Crippen LogP contribution in [0.25, 0.3) is 0 Å².